The largest absolute Gasteiger partial charge is 0.479 e. The molecule has 0 heterocycles. The molecule has 0 radical (unpaired) electrons. The van der Waals surface area contributed by atoms with Crippen molar-refractivity contribution < 1.29 is 15.0 Å². The summed E-state index contributed by atoms with van der Waals surface area (Å²) in [6.45, 7) is 7.74. The van der Waals surface area contributed by atoms with E-state index in [1.165, 1.54) is 0 Å². The fourth-order valence-electron chi connectivity index (χ4n) is 2.66. The summed E-state index contributed by atoms with van der Waals surface area (Å²) in [5.74, 6) is -1.26. The Morgan fingerprint density at radius 3 is 2.05 bits per heavy atom. The molecule has 2 N–H and O–H groups in total. The van der Waals surface area contributed by atoms with Crippen LogP contribution in [0.1, 0.15) is 33.4 Å². The third-order valence-electron chi connectivity index (χ3n) is 4.37. The fraction of sp³-hybridized carbons (Fsp3) is 0.278. The Morgan fingerprint density at radius 2 is 1.52 bits per heavy atom. The maximum Gasteiger partial charge on any atom is 0.345 e. The van der Waals surface area contributed by atoms with Gasteiger partial charge in [0.15, 0.2) is 0 Å². The van der Waals surface area contributed by atoms with Crippen LogP contribution in [0.4, 0.5) is 0 Å². The molecule has 3 heteroatoms. The molecule has 0 amide bonds. The van der Waals surface area contributed by atoms with Crippen LogP contribution in [0, 0.1) is 27.7 Å². The molecule has 2 aromatic rings. The fourth-order valence-corrected chi connectivity index (χ4v) is 2.66. The second-order valence-electron chi connectivity index (χ2n) is 5.50. The van der Waals surface area contributed by atoms with Crippen LogP contribution in [0.25, 0.3) is 0 Å². The molecule has 0 aliphatic carbocycles. The van der Waals surface area contributed by atoms with E-state index in [-0.39, 0.29) is 0 Å². The number of hydrogen-bond donors (Lipinski definition) is 2. The Balaban J connectivity index is 2.80. The van der Waals surface area contributed by atoms with E-state index in [0.717, 1.165) is 22.3 Å². The molecule has 0 aromatic heterocycles. The summed E-state index contributed by atoms with van der Waals surface area (Å²) in [5, 5.41) is 20.6. The maximum atomic E-state index is 11.8. The predicted molar refractivity (Wildman–Crippen MR) is 82.5 cm³/mol. The van der Waals surface area contributed by atoms with Crippen LogP contribution in [0.15, 0.2) is 36.4 Å². The number of hydrogen-bond acceptors (Lipinski definition) is 2. The van der Waals surface area contributed by atoms with Gasteiger partial charge in [-0.05, 0) is 55.5 Å². The smallest absolute Gasteiger partial charge is 0.345 e. The number of aliphatic carboxylic acids is 1. The van der Waals surface area contributed by atoms with Crippen molar-refractivity contribution in [3.8, 4) is 0 Å². The summed E-state index contributed by atoms with van der Waals surface area (Å²) >= 11 is 0. The highest BCUT2D eigenvalue weighted by atomic mass is 16.4. The Hall–Kier alpha value is -2.13. The highest BCUT2D eigenvalue weighted by molar-refractivity contribution is 5.84. The van der Waals surface area contributed by atoms with Gasteiger partial charge in [0.05, 0.1) is 0 Å². The first-order valence-corrected chi connectivity index (χ1v) is 6.89. The molecule has 0 saturated carbocycles. The summed E-state index contributed by atoms with van der Waals surface area (Å²) in [7, 11) is 0. The van der Waals surface area contributed by atoms with Gasteiger partial charge in [0, 0.05) is 5.56 Å². The van der Waals surface area contributed by atoms with E-state index in [4.69, 9.17) is 0 Å². The molecule has 0 fully saturated rings. The number of rotatable bonds is 3. The predicted octanol–water partition coefficient (Wildman–Crippen LogP) is 3.24. The van der Waals surface area contributed by atoms with Crippen LogP contribution < -0.4 is 0 Å². The monoisotopic (exact) mass is 284 g/mol. The van der Waals surface area contributed by atoms with Gasteiger partial charge >= 0.3 is 5.97 Å². The number of aliphatic hydroxyl groups is 1. The minimum atomic E-state index is -2.03. The second-order valence-corrected chi connectivity index (χ2v) is 5.50. The van der Waals surface area contributed by atoms with Gasteiger partial charge in [-0.25, -0.2) is 4.79 Å². The quantitative estimate of drug-likeness (QED) is 0.909. The SMILES string of the molecule is Cc1cc([C@](O)(C(=O)O)c2ccccc2)c(C)c(C)c1C. The second kappa shape index (κ2) is 5.34. The van der Waals surface area contributed by atoms with Crippen molar-refractivity contribution in [3.05, 3.63) is 69.8 Å². The van der Waals surface area contributed by atoms with Gasteiger partial charge in [-0.1, -0.05) is 36.4 Å². The Morgan fingerprint density at radius 1 is 0.952 bits per heavy atom. The lowest BCUT2D eigenvalue weighted by molar-refractivity contribution is -0.155. The molecule has 21 heavy (non-hydrogen) atoms. The lowest BCUT2D eigenvalue weighted by Crippen LogP contribution is -2.37. The zero-order chi connectivity index (χ0) is 15.8. The summed E-state index contributed by atoms with van der Waals surface area (Å²) in [5.41, 5.74) is 2.69. The lowest BCUT2D eigenvalue weighted by Gasteiger charge is -2.28. The van der Waals surface area contributed by atoms with Crippen molar-refractivity contribution in [2.24, 2.45) is 0 Å². The van der Waals surface area contributed by atoms with E-state index < -0.39 is 11.6 Å². The molecule has 3 nitrogen and oxygen atoms in total. The third-order valence-corrected chi connectivity index (χ3v) is 4.37. The van der Waals surface area contributed by atoms with Crippen molar-refractivity contribution in [2.75, 3.05) is 0 Å². The van der Waals surface area contributed by atoms with Crippen LogP contribution in [-0.4, -0.2) is 16.2 Å². The Labute approximate surface area is 124 Å². The van der Waals surface area contributed by atoms with Crippen LogP contribution in [0.5, 0.6) is 0 Å². The van der Waals surface area contributed by atoms with E-state index in [0.29, 0.717) is 11.1 Å². The zero-order valence-corrected chi connectivity index (χ0v) is 12.8. The van der Waals surface area contributed by atoms with Crippen molar-refractivity contribution in [2.45, 2.75) is 33.3 Å². The first-order chi connectivity index (χ1) is 9.80. The normalized spacial score (nSPS) is 13.8. The first kappa shape index (κ1) is 15.3. The van der Waals surface area contributed by atoms with Crippen molar-refractivity contribution in [1.29, 1.82) is 0 Å². The van der Waals surface area contributed by atoms with E-state index in [9.17, 15) is 15.0 Å². The molecule has 0 unspecified atom stereocenters. The van der Waals surface area contributed by atoms with Crippen LogP contribution in [0.2, 0.25) is 0 Å². The molecular formula is C18H20O3. The number of carboxylic acid groups (broad SMARTS) is 1. The first-order valence-electron chi connectivity index (χ1n) is 6.89. The Bertz CT molecular complexity index is 689. The minimum Gasteiger partial charge on any atom is -0.479 e. The molecule has 2 aromatic carbocycles. The summed E-state index contributed by atoms with van der Waals surface area (Å²) in [4.78, 5) is 11.8. The average molecular weight is 284 g/mol. The average Bonchev–Trinajstić information content (AvgIpc) is 2.48. The van der Waals surface area contributed by atoms with Gasteiger partial charge < -0.3 is 10.2 Å². The Kier molecular flexibility index (Phi) is 3.88. The van der Waals surface area contributed by atoms with Gasteiger partial charge in [-0.15, -0.1) is 0 Å². The summed E-state index contributed by atoms with van der Waals surface area (Å²) in [6.07, 6.45) is 0. The highest BCUT2D eigenvalue weighted by Crippen LogP contribution is 2.35. The van der Waals surface area contributed by atoms with Gasteiger partial charge in [-0.3, -0.25) is 0 Å². The van der Waals surface area contributed by atoms with Crippen molar-refractivity contribution in [3.63, 3.8) is 0 Å². The maximum absolute atomic E-state index is 11.8. The molecule has 0 bridgehead atoms. The van der Waals surface area contributed by atoms with Crippen molar-refractivity contribution in [1.82, 2.24) is 0 Å². The topological polar surface area (TPSA) is 57.5 Å². The molecule has 0 aliphatic rings. The highest BCUT2D eigenvalue weighted by Gasteiger charge is 2.41. The third kappa shape index (κ3) is 2.34. The summed E-state index contributed by atoms with van der Waals surface area (Å²) in [6, 6.07) is 10.3. The molecule has 0 spiro atoms. The van der Waals surface area contributed by atoms with E-state index >= 15 is 0 Å². The number of carbonyl (C=O) groups is 1. The lowest BCUT2D eigenvalue weighted by atomic mass is 9.80. The van der Waals surface area contributed by atoms with Crippen LogP contribution >= 0.6 is 0 Å². The molecule has 0 aliphatic heterocycles. The van der Waals surface area contributed by atoms with Crippen LogP contribution in [0.3, 0.4) is 0 Å². The zero-order valence-electron chi connectivity index (χ0n) is 12.8. The van der Waals surface area contributed by atoms with Gasteiger partial charge in [0.25, 0.3) is 0 Å². The van der Waals surface area contributed by atoms with Gasteiger partial charge in [0.1, 0.15) is 0 Å². The van der Waals surface area contributed by atoms with Crippen molar-refractivity contribution >= 4 is 5.97 Å². The molecule has 110 valence electrons. The molecule has 2 rings (SSSR count). The number of carboxylic acids is 1. The molecule has 1 atom stereocenters. The van der Waals surface area contributed by atoms with E-state index in [1.807, 2.05) is 27.7 Å². The molecule has 0 saturated heterocycles. The minimum absolute atomic E-state index is 0.364. The number of benzene rings is 2. The standard InChI is InChI=1S/C18H20O3/c1-11-10-16(14(4)13(3)12(11)2)18(21,17(19)20)15-8-6-5-7-9-15/h5-10,21H,1-4H3,(H,19,20)/t18-/m0/s1. The number of aryl methyl sites for hydroxylation is 1. The van der Waals surface area contributed by atoms with Gasteiger partial charge in [0.2, 0.25) is 5.60 Å². The van der Waals surface area contributed by atoms with E-state index in [1.54, 1.807) is 36.4 Å². The summed E-state index contributed by atoms with van der Waals surface area (Å²) < 4.78 is 0. The van der Waals surface area contributed by atoms with E-state index in [2.05, 4.69) is 0 Å². The van der Waals surface area contributed by atoms with Gasteiger partial charge in [-0.2, -0.15) is 0 Å². The van der Waals surface area contributed by atoms with Crippen LogP contribution in [-0.2, 0) is 10.4 Å². The molecular weight excluding hydrogens is 264 g/mol.